The van der Waals surface area contributed by atoms with E-state index in [1.165, 1.54) is 0 Å². The van der Waals surface area contributed by atoms with Crippen molar-refractivity contribution in [2.75, 3.05) is 14.2 Å². The molecule has 2 aromatic carbocycles. The molecule has 0 fully saturated rings. The van der Waals surface area contributed by atoms with Crippen molar-refractivity contribution < 1.29 is 9.47 Å². The monoisotopic (exact) mass is 336 g/mol. The average Bonchev–Trinajstić information content (AvgIpc) is 2.68. The van der Waals surface area contributed by atoms with Crippen LogP contribution < -0.4 is 15.2 Å². The summed E-state index contributed by atoms with van der Waals surface area (Å²) < 4.78 is 10.6. The first-order valence-electron chi connectivity index (χ1n) is 7.94. The maximum absolute atomic E-state index is 8.15. The lowest BCUT2D eigenvalue weighted by molar-refractivity contribution is 0.393. The highest BCUT2D eigenvalue weighted by atomic mass is 16.5. The Kier molecular flexibility index (Phi) is 7.81. The second-order valence-electron chi connectivity index (χ2n) is 4.78. The van der Waals surface area contributed by atoms with Gasteiger partial charge in [0.2, 0.25) is 0 Å². The molecule has 4 heteroatoms. The Morgan fingerprint density at radius 3 is 2.20 bits per heavy atom. The van der Waals surface area contributed by atoms with Crippen LogP contribution in [0.1, 0.15) is 30.5 Å². The van der Waals surface area contributed by atoms with Crippen LogP contribution in [-0.4, -0.2) is 19.9 Å². The first-order chi connectivity index (χ1) is 12.1. The third-order valence-electron chi connectivity index (χ3n) is 3.37. The lowest BCUT2D eigenvalue weighted by Gasteiger charge is -2.13. The Hall–Kier alpha value is -3.19. The molecule has 3 N–H and O–H groups in total. The SMILES string of the molecule is C#Cc1cc(/C(N)=C/C(=N)c2ccccc2)c(OC)cc1OC.CC. The molecule has 0 aliphatic heterocycles. The minimum absolute atomic E-state index is 0.309. The zero-order valence-corrected chi connectivity index (χ0v) is 15.1. The Morgan fingerprint density at radius 1 is 1.08 bits per heavy atom. The third kappa shape index (κ3) is 4.89. The molecular weight excluding hydrogens is 312 g/mol. The summed E-state index contributed by atoms with van der Waals surface area (Å²) in [5.74, 6) is 3.64. The number of methoxy groups -OCH3 is 2. The number of benzene rings is 2. The first-order valence-corrected chi connectivity index (χ1v) is 7.94. The highest BCUT2D eigenvalue weighted by Gasteiger charge is 2.12. The maximum atomic E-state index is 8.15. The summed E-state index contributed by atoms with van der Waals surface area (Å²) in [4.78, 5) is 0. The van der Waals surface area contributed by atoms with Gasteiger partial charge < -0.3 is 20.6 Å². The van der Waals surface area contributed by atoms with E-state index in [-0.39, 0.29) is 0 Å². The summed E-state index contributed by atoms with van der Waals surface area (Å²) in [5.41, 5.74) is 8.84. The molecule has 0 bridgehead atoms. The first kappa shape index (κ1) is 19.9. The van der Waals surface area contributed by atoms with Gasteiger partial charge in [0.25, 0.3) is 0 Å². The lowest BCUT2D eigenvalue weighted by atomic mass is 10.0. The summed E-state index contributed by atoms with van der Waals surface area (Å²) in [5, 5.41) is 8.15. The van der Waals surface area contributed by atoms with Crippen molar-refractivity contribution in [1.29, 1.82) is 5.41 Å². The van der Waals surface area contributed by atoms with Gasteiger partial charge in [0.05, 0.1) is 25.5 Å². The van der Waals surface area contributed by atoms with Crippen molar-refractivity contribution >= 4 is 11.4 Å². The van der Waals surface area contributed by atoms with Gasteiger partial charge in [-0.3, -0.25) is 0 Å². The van der Waals surface area contributed by atoms with Crippen molar-refractivity contribution in [3.8, 4) is 23.8 Å². The van der Waals surface area contributed by atoms with Crippen molar-refractivity contribution in [1.82, 2.24) is 0 Å². The normalized spacial score (nSPS) is 10.1. The standard InChI is InChI=1S/C19H18N2O2.C2H6/c1-4-13-10-15(19(23-3)12-18(13)22-2)17(21)11-16(20)14-8-6-5-7-9-14;1-2/h1,5-12,20H,21H2,2-3H3;1-2H3/b17-11-,20-16?;. The molecule has 0 heterocycles. The number of hydrogen-bond donors (Lipinski definition) is 2. The van der Waals surface area contributed by atoms with Crippen LogP contribution in [0.3, 0.4) is 0 Å². The van der Waals surface area contributed by atoms with Crippen LogP contribution in [0.4, 0.5) is 0 Å². The van der Waals surface area contributed by atoms with Gasteiger partial charge in [-0.25, -0.2) is 0 Å². The van der Waals surface area contributed by atoms with Gasteiger partial charge in [-0.15, -0.1) is 6.42 Å². The molecule has 0 unspecified atom stereocenters. The van der Waals surface area contributed by atoms with Crippen molar-refractivity contribution in [3.05, 3.63) is 65.2 Å². The van der Waals surface area contributed by atoms with Crippen molar-refractivity contribution in [2.45, 2.75) is 13.8 Å². The largest absolute Gasteiger partial charge is 0.496 e. The van der Waals surface area contributed by atoms with E-state index in [0.717, 1.165) is 5.56 Å². The number of allylic oxidation sites excluding steroid dienone is 1. The average molecular weight is 336 g/mol. The van der Waals surface area contributed by atoms with Gasteiger partial charge >= 0.3 is 0 Å². The number of terminal acetylenes is 1. The summed E-state index contributed by atoms with van der Waals surface area (Å²) in [6, 6.07) is 12.8. The number of hydrogen-bond acceptors (Lipinski definition) is 4. The fourth-order valence-corrected chi connectivity index (χ4v) is 2.17. The Morgan fingerprint density at radius 2 is 1.68 bits per heavy atom. The van der Waals surface area contributed by atoms with Gasteiger partial charge in [0.1, 0.15) is 11.5 Å². The van der Waals surface area contributed by atoms with E-state index in [4.69, 9.17) is 27.0 Å². The molecule has 0 aliphatic rings. The highest BCUT2D eigenvalue weighted by Crippen LogP contribution is 2.31. The van der Waals surface area contributed by atoms with Crippen molar-refractivity contribution in [2.24, 2.45) is 5.73 Å². The van der Waals surface area contributed by atoms with E-state index in [2.05, 4.69) is 5.92 Å². The summed E-state index contributed by atoms with van der Waals surface area (Å²) in [7, 11) is 3.09. The summed E-state index contributed by atoms with van der Waals surface area (Å²) in [6.07, 6.45) is 7.09. The molecule has 0 aliphatic carbocycles. The Balaban J connectivity index is 0.00000151. The Bertz CT molecular complexity index is 788. The Labute approximate surface area is 149 Å². The second-order valence-corrected chi connectivity index (χ2v) is 4.78. The van der Waals surface area contributed by atoms with Crippen LogP contribution in [0.25, 0.3) is 5.70 Å². The van der Waals surface area contributed by atoms with Crippen LogP contribution in [0.2, 0.25) is 0 Å². The van der Waals surface area contributed by atoms with Crippen LogP contribution in [-0.2, 0) is 0 Å². The molecule has 0 saturated carbocycles. The van der Waals surface area contributed by atoms with E-state index < -0.39 is 0 Å². The number of ether oxygens (including phenoxy) is 2. The predicted molar refractivity (Wildman–Crippen MR) is 104 cm³/mol. The van der Waals surface area contributed by atoms with E-state index in [0.29, 0.717) is 34.0 Å². The predicted octanol–water partition coefficient (Wildman–Crippen LogP) is 4.08. The quantitative estimate of drug-likeness (QED) is 0.638. The zero-order valence-electron chi connectivity index (χ0n) is 15.1. The third-order valence-corrected chi connectivity index (χ3v) is 3.37. The lowest BCUT2D eigenvalue weighted by Crippen LogP contribution is -2.05. The van der Waals surface area contributed by atoms with Crippen LogP contribution >= 0.6 is 0 Å². The van der Waals surface area contributed by atoms with Crippen molar-refractivity contribution in [3.63, 3.8) is 0 Å². The maximum Gasteiger partial charge on any atom is 0.138 e. The molecule has 25 heavy (non-hydrogen) atoms. The molecular formula is C21H24N2O2. The van der Waals surface area contributed by atoms with Gasteiger partial charge in [0, 0.05) is 17.3 Å². The molecule has 0 radical (unpaired) electrons. The molecule has 0 spiro atoms. The van der Waals surface area contributed by atoms with E-state index in [9.17, 15) is 0 Å². The molecule has 0 saturated heterocycles. The molecule has 130 valence electrons. The van der Waals surface area contributed by atoms with Gasteiger partial charge in [-0.05, 0) is 17.7 Å². The van der Waals surface area contributed by atoms with Crippen LogP contribution in [0.15, 0.2) is 48.5 Å². The molecule has 0 atom stereocenters. The minimum Gasteiger partial charge on any atom is -0.496 e. The van der Waals surface area contributed by atoms with E-state index >= 15 is 0 Å². The fourth-order valence-electron chi connectivity index (χ4n) is 2.17. The highest BCUT2D eigenvalue weighted by molar-refractivity contribution is 6.10. The van der Waals surface area contributed by atoms with Crippen LogP contribution in [0.5, 0.6) is 11.5 Å². The van der Waals surface area contributed by atoms with E-state index in [1.54, 1.807) is 32.4 Å². The van der Waals surface area contributed by atoms with E-state index in [1.807, 2.05) is 44.2 Å². The number of nitrogens with two attached hydrogens (primary N) is 1. The number of nitrogens with one attached hydrogen (secondary N) is 1. The molecule has 4 nitrogen and oxygen atoms in total. The molecule has 0 aromatic heterocycles. The number of rotatable bonds is 5. The van der Waals surface area contributed by atoms with Crippen LogP contribution in [0, 0.1) is 17.8 Å². The topological polar surface area (TPSA) is 68.3 Å². The summed E-state index contributed by atoms with van der Waals surface area (Å²) >= 11 is 0. The molecule has 2 aromatic rings. The second kappa shape index (κ2) is 9.84. The zero-order chi connectivity index (χ0) is 18.8. The smallest absolute Gasteiger partial charge is 0.138 e. The molecule has 2 rings (SSSR count). The van der Waals surface area contributed by atoms with Gasteiger partial charge in [-0.2, -0.15) is 0 Å². The summed E-state index contributed by atoms with van der Waals surface area (Å²) in [6.45, 7) is 4.00. The van der Waals surface area contributed by atoms with Gasteiger partial charge in [0.15, 0.2) is 0 Å². The molecule has 0 amide bonds. The fraction of sp³-hybridized carbons (Fsp3) is 0.190. The van der Waals surface area contributed by atoms with Gasteiger partial charge in [-0.1, -0.05) is 50.1 Å². The minimum atomic E-state index is 0.309.